The molecular weight excluding hydrogens is 338 g/mol. The highest BCUT2D eigenvalue weighted by Gasteiger charge is 2.14. The fourth-order valence-corrected chi connectivity index (χ4v) is 2.66. The van der Waals surface area contributed by atoms with Gasteiger partial charge in [0.25, 0.3) is 5.91 Å². The molecule has 0 saturated carbocycles. The smallest absolute Gasteiger partial charge is 0.255 e. The SMILES string of the molecule is O=C(Nc1cccc(F)c1)c1ccc2noc(-c3ccc(F)cc3)c2c1. The standard InChI is InChI=1S/C20H12F2N2O2/c21-14-7-4-12(5-8-14)19-17-10-13(6-9-18(17)24-26-19)20(25)23-16-3-1-2-15(22)11-16/h1-11H,(H,23,25). The quantitative estimate of drug-likeness (QED) is 0.564. The highest BCUT2D eigenvalue weighted by Crippen LogP contribution is 2.29. The summed E-state index contributed by atoms with van der Waals surface area (Å²) in [6.45, 7) is 0. The highest BCUT2D eigenvalue weighted by molar-refractivity contribution is 6.07. The average molecular weight is 350 g/mol. The lowest BCUT2D eigenvalue weighted by atomic mass is 10.1. The Balaban J connectivity index is 1.69. The molecule has 26 heavy (non-hydrogen) atoms. The van der Waals surface area contributed by atoms with Crippen molar-refractivity contribution in [2.45, 2.75) is 0 Å². The summed E-state index contributed by atoms with van der Waals surface area (Å²) in [6, 6.07) is 16.4. The van der Waals surface area contributed by atoms with Crippen LogP contribution in [0.1, 0.15) is 10.4 Å². The second-order valence-corrected chi connectivity index (χ2v) is 5.71. The number of hydrogen-bond acceptors (Lipinski definition) is 3. The van der Waals surface area contributed by atoms with Crippen LogP contribution < -0.4 is 5.32 Å². The molecule has 1 heterocycles. The first kappa shape index (κ1) is 16.0. The maximum absolute atomic E-state index is 13.3. The van der Waals surface area contributed by atoms with Crippen LogP contribution in [0.15, 0.2) is 71.3 Å². The van der Waals surface area contributed by atoms with E-state index in [9.17, 15) is 13.6 Å². The molecule has 0 fully saturated rings. The molecule has 6 heteroatoms. The number of benzene rings is 3. The van der Waals surface area contributed by atoms with Gasteiger partial charge in [0.05, 0.1) is 5.39 Å². The minimum atomic E-state index is -0.434. The topological polar surface area (TPSA) is 55.1 Å². The Bertz CT molecular complexity index is 1100. The molecule has 4 aromatic rings. The van der Waals surface area contributed by atoms with Crippen molar-refractivity contribution in [2.24, 2.45) is 0 Å². The summed E-state index contributed by atoms with van der Waals surface area (Å²) in [4.78, 5) is 12.4. The molecule has 0 aliphatic carbocycles. The Kier molecular flexibility index (Phi) is 3.93. The number of amides is 1. The van der Waals surface area contributed by atoms with Crippen LogP contribution in [0.2, 0.25) is 0 Å². The summed E-state index contributed by atoms with van der Waals surface area (Å²) >= 11 is 0. The number of hydrogen-bond donors (Lipinski definition) is 1. The molecule has 0 unspecified atom stereocenters. The Morgan fingerprint density at radius 2 is 1.73 bits per heavy atom. The van der Waals surface area contributed by atoms with Crippen molar-refractivity contribution in [2.75, 3.05) is 5.32 Å². The molecule has 4 nitrogen and oxygen atoms in total. The van der Waals surface area contributed by atoms with E-state index in [4.69, 9.17) is 4.52 Å². The van der Waals surface area contributed by atoms with Crippen molar-refractivity contribution in [3.63, 3.8) is 0 Å². The third-order valence-electron chi connectivity index (χ3n) is 3.93. The van der Waals surface area contributed by atoms with E-state index in [0.29, 0.717) is 33.5 Å². The molecule has 0 saturated heterocycles. The van der Waals surface area contributed by atoms with E-state index >= 15 is 0 Å². The van der Waals surface area contributed by atoms with Crippen LogP contribution in [0.25, 0.3) is 22.2 Å². The molecule has 0 spiro atoms. The molecule has 3 aromatic carbocycles. The molecule has 0 aliphatic heterocycles. The fourth-order valence-electron chi connectivity index (χ4n) is 2.66. The number of carbonyl (C=O) groups excluding carboxylic acids is 1. The number of fused-ring (bicyclic) bond motifs is 1. The van der Waals surface area contributed by atoms with Gasteiger partial charge < -0.3 is 9.84 Å². The first-order chi connectivity index (χ1) is 12.6. The van der Waals surface area contributed by atoms with Crippen LogP contribution in [0.4, 0.5) is 14.5 Å². The number of anilines is 1. The number of nitrogens with zero attached hydrogens (tertiary/aromatic N) is 1. The van der Waals surface area contributed by atoms with Crippen molar-refractivity contribution in [1.82, 2.24) is 5.16 Å². The summed E-state index contributed by atoms with van der Waals surface area (Å²) in [6.07, 6.45) is 0. The van der Waals surface area contributed by atoms with E-state index in [1.807, 2.05) is 0 Å². The third-order valence-corrected chi connectivity index (χ3v) is 3.93. The highest BCUT2D eigenvalue weighted by atomic mass is 19.1. The van der Waals surface area contributed by atoms with Gasteiger partial charge in [-0.15, -0.1) is 0 Å². The molecule has 128 valence electrons. The summed E-state index contributed by atoms with van der Waals surface area (Å²) < 4.78 is 31.7. The van der Waals surface area contributed by atoms with Gasteiger partial charge in [-0.05, 0) is 60.7 Å². The zero-order valence-corrected chi connectivity index (χ0v) is 13.4. The van der Waals surface area contributed by atoms with Crippen molar-refractivity contribution in [3.8, 4) is 11.3 Å². The van der Waals surface area contributed by atoms with Crippen molar-refractivity contribution < 1.29 is 18.1 Å². The van der Waals surface area contributed by atoms with E-state index in [0.717, 1.165) is 0 Å². The minimum absolute atomic E-state index is 0.354. The largest absolute Gasteiger partial charge is 0.355 e. The third kappa shape index (κ3) is 3.04. The van der Waals surface area contributed by atoms with Gasteiger partial charge in [0.2, 0.25) is 0 Å². The maximum Gasteiger partial charge on any atom is 0.255 e. The number of nitrogens with one attached hydrogen (secondary N) is 1. The molecule has 0 radical (unpaired) electrons. The summed E-state index contributed by atoms with van der Waals surface area (Å²) in [5.41, 5.74) is 1.95. The average Bonchev–Trinajstić information content (AvgIpc) is 3.05. The lowest BCUT2D eigenvalue weighted by Gasteiger charge is -2.05. The lowest BCUT2D eigenvalue weighted by Crippen LogP contribution is -2.11. The van der Waals surface area contributed by atoms with Gasteiger partial charge in [-0.2, -0.15) is 0 Å². The van der Waals surface area contributed by atoms with Crippen molar-refractivity contribution in [3.05, 3.63) is 83.9 Å². The van der Waals surface area contributed by atoms with Gasteiger partial charge in [0.15, 0.2) is 5.76 Å². The van der Waals surface area contributed by atoms with Gasteiger partial charge in [0.1, 0.15) is 17.2 Å². The van der Waals surface area contributed by atoms with Crippen LogP contribution in [0.5, 0.6) is 0 Å². The van der Waals surface area contributed by atoms with E-state index in [1.54, 1.807) is 36.4 Å². The van der Waals surface area contributed by atoms with Crippen LogP contribution in [0, 0.1) is 11.6 Å². The van der Waals surface area contributed by atoms with Crippen LogP contribution in [-0.2, 0) is 0 Å². The monoisotopic (exact) mass is 350 g/mol. The number of halogens is 2. The van der Waals surface area contributed by atoms with Crippen LogP contribution >= 0.6 is 0 Å². The number of aromatic nitrogens is 1. The fraction of sp³-hybridized carbons (Fsp3) is 0. The summed E-state index contributed by atoms with van der Waals surface area (Å²) in [5, 5.41) is 7.23. The second kappa shape index (κ2) is 6.40. The second-order valence-electron chi connectivity index (χ2n) is 5.71. The van der Waals surface area contributed by atoms with Gasteiger partial charge in [-0.1, -0.05) is 11.2 Å². The van der Waals surface area contributed by atoms with Gasteiger partial charge in [-0.3, -0.25) is 4.79 Å². The van der Waals surface area contributed by atoms with E-state index in [2.05, 4.69) is 10.5 Å². The molecule has 1 amide bonds. The van der Waals surface area contributed by atoms with Gasteiger partial charge in [-0.25, -0.2) is 8.78 Å². The Morgan fingerprint density at radius 1 is 0.923 bits per heavy atom. The molecule has 0 bridgehead atoms. The summed E-state index contributed by atoms with van der Waals surface area (Å²) in [5.74, 6) is -0.729. The molecule has 4 rings (SSSR count). The van der Waals surface area contributed by atoms with E-state index in [-0.39, 0.29) is 11.7 Å². The minimum Gasteiger partial charge on any atom is -0.355 e. The van der Waals surface area contributed by atoms with Gasteiger partial charge >= 0.3 is 0 Å². The molecular formula is C20H12F2N2O2. The normalized spacial score (nSPS) is 10.8. The first-order valence-electron chi connectivity index (χ1n) is 7.82. The molecule has 0 aliphatic rings. The molecule has 1 N–H and O–H groups in total. The van der Waals surface area contributed by atoms with Crippen LogP contribution in [0.3, 0.4) is 0 Å². The van der Waals surface area contributed by atoms with Gasteiger partial charge in [0, 0.05) is 16.8 Å². The van der Waals surface area contributed by atoms with Crippen molar-refractivity contribution >= 4 is 22.5 Å². The van der Waals surface area contributed by atoms with Crippen molar-refractivity contribution in [1.29, 1.82) is 0 Å². The van der Waals surface area contributed by atoms with Crippen LogP contribution in [-0.4, -0.2) is 11.1 Å². The first-order valence-corrected chi connectivity index (χ1v) is 7.82. The molecule has 1 aromatic heterocycles. The Hall–Kier alpha value is -3.54. The number of rotatable bonds is 3. The maximum atomic E-state index is 13.3. The zero-order valence-electron chi connectivity index (χ0n) is 13.4. The van der Waals surface area contributed by atoms with E-state index in [1.165, 1.54) is 30.3 Å². The number of carbonyl (C=O) groups is 1. The Morgan fingerprint density at radius 3 is 2.50 bits per heavy atom. The summed E-state index contributed by atoms with van der Waals surface area (Å²) in [7, 11) is 0. The Labute approximate surface area is 147 Å². The lowest BCUT2D eigenvalue weighted by molar-refractivity contribution is 0.102. The predicted octanol–water partition coefficient (Wildman–Crippen LogP) is 5.03. The predicted molar refractivity (Wildman–Crippen MR) is 93.8 cm³/mol. The van der Waals surface area contributed by atoms with E-state index < -0.39 is 5.82 Å². The zero-order chi connectivity index (χ0) is 18.1. The molecule has 0 atom stereocenters.